The van der Waals surface area contributed by atoms with E-state index in [1.165, 1.54) is 6.07 Å². The molecular formula is C13H14ClFN2. The smallest absolute Gasteiger partial charge is 0.164 e. The van der Waals surface area contributed by atoms with Gasteiger partial charge in [0.2, 0.25) is 0 Å². The quantitative estimate of drug-likeness (QED) is 0.873. The average Bonchev–Trinajstić information content (AvgIpc) is 2.79. The van der Waals surface area contributed by atoms with Gasteiger partial charge in [-0.15, -0.1) is 0 Å². The number of hydrogen-bond donors (Lipinski definition) is 1. The maximum Gasteiger partial charge on any atom is 0.164 e. The van der Waals surface area contributed by atoms with Gasteiger partial charge in [-0.25, -0.2) is 4.39 Å². The number of nitrogens with zero attached hydrogens (tertiary/aromatic N) is 1. The number of nitrogens with one attached hydrogen (secondary N) is 1. The molecule has 0 aliphatic rings. The highest BCUT2D eigenvalue weighted by Crippen LogP contribution is 2.22. The van der Waals surface area contributed by atoms with Crippen molar-refractivity contribution < 1.29 is 4.39 Å². The first-order valence-electron chi connectivity index (χ1n) is 5.53. The van der Waals surface area contributed by atoms with Crippen LogP contribution in [0.5, 0.6) is 0 Å². The Kier molecular flexibility index (Phi) is 3.69. The molecule has 1 aromatic heterocycles. The molecule has 4 heteroatoms. The lowest BCUT2D eigenvalue weighted by atomic mass is 10.3. The molecule has 0 spiro atoms. The van der Waals surface area contributed by atoms with Crippen molar-refractivity contribution in [3.63, 3.8) is 0 Å². The first kappa shape index (κ1) is 12.0. The minimum absolute atomic E-state index is 0.140. The summed E-state index contributed by atoms with van der Waals surface area (Å²) in [6.45, 7) is 3.60. The number of benzene rings is 1. The Morgan fingerprint density at radius 1 is 1.35 bits per heavy atom. The van der Waals surface area contributed by atoms with Crippen molar-refractivity contribution in [2.75, 3.05) is 5.32 Å². The van der Waals surface area contributed by atoms with E-state index in [-0.39, 0.29) is 5.02 Å². The number of anilines is 1. The Morgan fingerprint density at radius 3 is 2.88 bits per heavy atom. The fourth-order valence-electron chi connectivity index (χ4n) is 1.63. The molecule has 0 aliphatic heterocycles. The molecule has 0 aliphatic carbocycles. The molecule has 2 nitrogen and oxygen atoms in total. The Hall–Kier alpha value is -1.48. The highest BCUT2D eigenvalue weighted by molar-refractivity contribution is 6.31. The van der Waals surface area contributed by atoms with Gasteiger partial charge in [0.15, 0.2) is 5.82 Å². The zero-order chi connectivity index (χ0) is 12.3. The van der Waals surface area contributed by atoms with Gasteiger partial charge in [-0.2, -0.15) is 0 Å². The van der Waals surface area contributed by atoms with Gasteiger partial charge in [0.05, 0.1) is 10.7 Å². The van der Waals surface area contributed by atoms with Crippen LogP contribution in [-0.2, 0) is 13.1 Å². The number of rotatable bonds is 4. The SMILES string of the molecule is CCn1ccc(CNc2cccc(Cl)c2F)c1. The van der Waals surface area contributed by atoms with Gasteiger partial charge in [-0.1, -0.05) is 17.7 Å². The van der Waals surface area contributed by atoms with E-state index >= 15 is 0 Å². The van der Waals surface area contributed by atoms with Crippen LogP contribution in [0.3, 0.4) is 0 Å². The second-order valence-corrected chi connectivity index (χ2v) is 4.21. The highest BCUT2D eigenvalue weighted by atomic mass is 35.5. The van der Waals surface area contributed by atoms with E-state index in [1.54, 1.807) is 12.1 Å². The Morgan fingerprint density at radius 2 is 2.18 bits per heavy atom. The van der Waals surface area contributed by atoms with Crippen LogP contribution < -0.4 is 5.32 Å². The second kappa shape index (κ2) is 5.23. The van der Waals surface area contributed by atoms with Gasteiger partial charge in [-0.3, -0.25) is 0 Å². The van der Waals surface area contributed by atoms with Crippen LogP contribution in [-0.4, -0.2) is 4.57 Å². The zero-order valence-electron chi connectivity index (χ0n) is 9.58. The van der Waals surface area contributed by atoms with E-state index < -0.39 is 5.82 Å². The minimum Gasteiger partial charge on any atom is -0.378 e. The molecule has 0 saturated heterocycles. The lowest BCUT2D eigenvalue weighted by molar-refractivity contribution is 0.630. The van der Waals surface area contributed by atoms with Crippen LogP contribution in [0.1, 0.15) is 12.5 Å². The molecule has 0 atom stereocenters. The third-order valence-electron chi connectivity index (χ3n) is 2.61. The van der Waals surface area contributed by atoms with Crippen molar-refractivity contribution in [2.45, 2.75) is 20.0 Å². The first-order valence-corrected chi connectivity index (χ1v) is 5.91. The van der Waals surface area contributed by atoms with Crippen molar-refractivity contribution >= 4 is 17.3 Å². The molecule has 17 heavy (non-hydrogen) atoms. The molecular weight excluding hydrogens is 239 g/mol. The maximum absolute atomic E-state index is 13.6. The van der Waals surface area contributed by atoms with Crippen LogP contribution in [0.15, 0.2) is 36.7 Å². The summed E-state index contributed by atoms with van der Waals surface area (Å²) in [6.07, 6.45) is 4.04. The predicted octanol–water partition coefficient (Wildman–Crippen LogP) is 3.91. The fraction of sp³-hybridized carbons (Fsp3) is 0.231. The summed E-state index contributed by atoms with van der Waals surface area (Å²) in [6, 6.07) is 6.96. The Bertz CT molecular complexity index is 508. The maximum atomic E-state index is 13.6. The molecule has 0 amide bonds. The molecule has 0 saturated carbocycles. The van der Waals surface area contributed by atoms with Gasteiger partial charge in [-0.05, 0) is 30.7 Å². The predicted molar refractivity (Wildman–Crippen MR) is 68.8 cm³/mol. The van der Waals surface area contributed by atoms with Crippen LogP contribution >= 0.6 is 11.6 Å². The van der Waals surface area contributed by atoms with Crippen molar-refractivity contribution in [1.82, 2.24) is 4.57 Å². The Balaban J connectivity index is 2.04. The fourth-order valence-corrected chi connectivity index (χ4v) is 1.80. The van der Waals surface area contributed by atoms with Gasteiger partial charge in [0, 0.05) is 25.5 Å². The molecule has 0 radical (unpaired) electrons. The Labute approximate surface area is 105 Å². The van der Waals surface area contributed by atoms with E-state index in [2.05, 4.69) is 16.8 Å². The molecule has 2 rings (SSSR count). The van der Waals surface area contributed by atoms with E-state index in [0.717, 1.165) is 12.1 Å². The largest absolute Gasteiger partial charge is 0.378 e. The number of hydrogen-bond acceptors (Lipinski definition) is 1. The summed E-state index contributed by atoms with van der Waals surface area (Å²) >= 11 is 5.70. The first-order chi connectivity index (χ1) is 8.20. The van der Waals surface area contributed by atoms with Crippen molar-refractivity contribution in [2.24, 2.45) is 0 Å². The number of aryl methyl sites for hydroxylation is 1. The lowest BCUT2D eigenvalue weighted by Gasteiger charge is -2.07. The summed E-state index contributed by atoms with van der Waals surface area (Å²) in [5.74, 6) is -0.399. The number of halogens is 2. The van der Waals surface area contributed by atoms with Gasteiger partial charge in [0.1, 0.15) is 0 Å². The minimum atomic E-state index is -0.399. The van der Waals surface area contributed by atoms with Crippen molar-refractivity contribution in [1.29, 1.82) is 0 Å². The summed E-state index contributed by atoms with van der Waals surface area (Å²) in [5, 5.41) is 3.17. The van der Waals surface area contributed by atoms with E-state index in [0.29, 0.717) is 12.2 Å². The molecule has 0 fully saturated rings. The van der Waals surface area contributed by atoms with Gasteiger partial charge >= 0.3 is 0 Å². The monoisotopic (exact) mass is 252 g/mol. The van der Waals surface area contributed by atoms with Crippen LogP contribution in [0, 0.1) is 5.82 Å². The van der Waals surface area contributed by atoms with Crippen molar-refractivity contribution in [3.8, 4) is 0 Å². The lowest BCUT2D eigenvalue weighted by Crippen LogP contribution is -2.01. The van der Waals surface area contributed by atoms with Crippen LogP contribution in [0.4, 0.5) is 10.1 Å². The second-order valence-electron chi connectivity index (χ2n) is 3.81. The molecule has 0 bridgehead atoms. The van der Waals surface area contributed by atoms with Crippen LogP contribution in [0.2, 0.25) is 5.02 Å². The summed E-state index contributed by atoms with van der Waals surface area (Å²) in [7, 11) is 0. The van der Waals surface area contributed by atoms with Gasteiger partial charge < -0.3 is 9.88 Å². The molecule has 1 N–H and O–H groups in total. The molecule has 0 unspecified atom stereocenters. The summed E-state index contributed by atoms with van der Waals surface area (Å²) < 4.78 is 15.7. The van der Waals surface area contributed by atoms with E-state index in [9.17, 15) is 4.39 Å². The average molecular weight is 253 g/mol. The molecule has 1 aromatic carbocycles. The third-order valence-corrected chi connectivity index (χ3v) is 2.90. The van der Waals surface area contributed by atoms with Crippen molar-refractivity contribution in [3.05, 3.63) is 53.1 Å². The zero-order valence-corrected chi connectivity index (χ0v) is 10.3. The van der Waals surface area contributed by atoms with Crippen LogP contribution in [0.25, 0.3) is 0 Å². The molecule has 90 valence electrons. The molecule has 1 heterocycles. The highest BCUT2D eigenvalue weighted by Gasteiger charge is 2.05. The molecule has 2 aromatic rings. The topological polar surface area (TPSA) is 17.0 Å². The van der Waals surface area contributed by atoms with E-state index in [1.807, 2.05) is 18.5 Å². The third kappa shape index (κ3) is 2.80. The summed E-state index contributed by atoms with van der Waals surface area (Å²) in [4.78, 5) is 0. The van der Waals surface area contributed by atoms with Gasteiger partial charge in [0.25, 0.3) is 0 Å². The van der Waals surface area contributed by atoms with E-state index in [4.69, 9.17) is 11.6 Å². The standard InChI is InChI=1S/C13H14ClFN2/c1-2-17-7-6-10(9-17)8-16-12-5-3-4-11(14)13(12)15/h3-7,9,16H,2,8H2,1H3. The normalized spacial score (nSPS) is 10.5. The summed E-state index contributed by atoms with van der Waals surface area (Å²) in [5.41, 5.74) is 1.55. The number of aromatic nitrogens is 1.